The Balaban J connectivity index is 1.70. The van der Waals surface area contributed by atoms with Crippen LogP contribution in [0.2, 0.25) is 0 Å². The Bertz CT molecular complexity index is 641. The maximum Gasteiger partial charge on any atom is 0.198 e. The minimum atomic E-state index is 0.673. The summed E-state index contributed by atoms with van der Waals surface area (Å²) in [4.78, 5) is 8.52. The number of hydrogen-bond donors (Lipinski definition) is 0. The summed E-state index contributed by atoms with van der Waals surface area (Å²) in [6.07, 6.45) is 3.37. The summed E-state index contributed by atoms with van der Waals surface area (Å²) < 4.78 is 10.8. The number of oxazole rings is 1. The second-order valence-electron chi connectivity index (χ2n) is 4.28. The molecule has 0 aliphatic carbocycles. The third-order valence-electron chi connectivity index (χ3n) is 3.00. The number of aryl methyl sites for hydroxylation is 2. The maximum atomic E-state index is 5.64. The first-order chi connectivity index (χ1) is 9.35. The molecule has 0 bridgehead atoms. The average Bonchev–Trinajstić information content (AvgIpc) is 2.88. The van der Waals surface area contributed by atoms with E-state index in [1.54, 1.807) is 13.3 Å². The van der Waals surface area contributed by atoms with Crippen molar-refractivity contribution in [3.63, 3.8) is 0 Å². The van der Waals surface area contributed by atoms with Gasteiger partial charge in [0.05, 0.1) is 7.11 Å². The van der Waals surface area contributed by atoms with E-state index in [-0.39, 0.29) is 0 Å². The van der Waals surface area contributed by atoms with Crippen LogP contribution in [0.25, 0.3) is 11.2 Å². The van der Waals surface area contributed by atoms with Gasteiger partial charge >= 0.3 is 0 Å². The largest absolute Gasteiger partial charge is 0.497 e. The van der Waals surface area contributed by atoms with Crippen LogP contribution in [0.15, 0.2) is 47.0 Å². The summed E-state index contributed by atoms with van der Waals surface area (Å²) in [5.74, 6) is 1.60. The Labute approximate surface area is 111 Å². The Morgan fingerprint density at radius 3 is 2.68 bits per heavy atom. The molecule has 0 atom stereocenters. The molecule has 3 rings (SSSR count). The summed E-state index contributed by atoms with van der Waals surface area (Å²) in [6.45, 7) is 0. The second-order valence-corrected chi connectivity index (χ2v) is 4.28. The third kappa shape index (κ3) is 2.57. The molecule has 3 aromatic rings. The number of ether oxygens (including phenoxy) is 1. The van der Waals surface area contributed by atoms with Crippen LogP contribution in [0.3, 0.4) is 0 Å². The normalized spacial score (nSPS) is 10.8. The van der Waals surface area contributed by atoms with E-state index in [0.29, 0.717) is 5.65 Å². The van der Waals surface area contributed by atoms with E-state index in [2.05, 4.69) is 22.1 Å². The Morgan fingerprint density at radius 2 is 1.95 bits per heavy atom. The molecule has 4 nitrogen and oxygen atoms in total. The molecular formula is C15H14N2O2. The minimum absolute atomic E-state index is 0.673. The van der Waals surface area contributed by atoms with Crippen molar-refractivity contribution in [2.75, 3.05) is 7.11 Å². The van der Waals surface area contributed by atoms with Crippen LogP contribution in [-0.4, -0.2) is 17.1 Å². The van der Waals surface area contributed by atoms with E-state index < -0.39 is 0 Å². The zero-order chi connectivity index (χ0) is 13.1. The summed E-state index contributed by atoms with van der Waals surface area (Å²) in [5, 5.41) is 0. The number of pyridine rings is 1. The molecule has 2 aromatic heterocycles. The van der Waals surface area contributed by atoms with Crippen molar-refractivity contribution in [2.45, 2.75) is 12.8 Å². The van der Waals surface area contributed by atoms with Gasteiger partial charge in [-0.05, 0) is 36.2 Å². The van der Waals surface area contributed by atoms with Crippen LogP contribution in [0.5, 0.6) is 5.75 Å². The molecular weight excluding hydrogens is 240 g/mol. The first-order valence-electron chi connectivity index (χ1n) is 6.18. The lowest BCUT2D eigenvalue weighted by molar-refractivity contribution is 0.414. The lowest BCUT2D eigenvalue weighted by Crippen LogP contribution is -1.92. The molecule has 0 fully saturated rings. The van der Waals surface area contributed by atoms with Crippen LogP contribution in [0.4, 0.5) is 0 Å². The molecule has 0 radical (unpaired) electrons. The van der Waals surface area contributed by atoms with Crippen LogP contribution in [0.1, 0.15) is 11.5 Å². The van der Waals surface area contributed by atoms with Gasteiger partial charge in [0.2, 0.25) is 0 Å². The Morgan fingerprint density at radius 1 is 1.11 bits per heavy atom. The monoisotopic (exact) mass is 254 g/mol. The molecule has 0 saturated carbocycles. The van der Waals surface area contributed by atoms with Gasteiger partial charge in [0, 0.05) is 12.6 Å². The van der Waals surface area contributed by atoms with Crippen molar-refractivity contribution >= 4 is 11.2 Å². The topological polar surface area (TPSA) is 48.2 Å². The number of nitrogens with zero attached hydrogens (tertiary/aromatic N) is 2. The van der Waals surface area contributed by atoms with Gasteiger partial charge in [-0.1, -0.05) is 12.1 Å². The molecule has 19 heavy (non-hydrogen) atoms. The van der Waals surface area contributed by atoms with Gasteiger partial charge in [0.1, 0.15) is 5.75 Å². The number of benzene rings is 1. The molecule has 0 aliphatic rings. The highest BCUT2D eigenvalue weighted by Crippen LogP contribution is 2.16. The highest BCUT2D eigenvalue weighted by atomic mass is 16.5. The second kappa shape index (κ2) is 5.10. The quantitative estimate of drug-likeness (QED) is 0.718. The highest BCUT2D eigenvalue weighted by Gasteiger charge is 2.06. The van der Waals surface area contributed by atoms with Gasteiger partial charge in [0.15, 0.2) is 17.1 Å². The highest BCUT2D eigenvalue weighted by molar-refractivity contribution is 5.66. The van der Waals surface area contributed by atoms with Crippen molar-refractivity contribution in [3.05, 3.63) is 54.0 Å². The van der Waals surface area contributed by atoms with Gasteiger partial charge in [0.25, 0.3) is 0 Å². The molecule has 2 heterocycles. The van der Waals surface area contributed by atoms with Gasteiger partial charge in [-0.15, -0.1) is 0 Å². The zero-order valence-corrected chi connectivity index (χ0v) is 10.7. The molecule has 4 heteroatoms. The maximum absolute atomic E-state index is 5.64. The Kier molecular flexibility index (Phi) is 3.14. The van der Waals surface area contributed by atoms with Crippen molar-refractivity contribution in [3.8, 4) is 5.75 Å². The number of methoxy groups -OCH3 is 1. The summed E-state index contributed by atoms with van der Waals surface area (Å²) in [6, 6.07) is 11.8. The molecule has 1 aromatic carbocycles. The Hall–Kier alpha value is -2.36. The van der Waals surface area contributed by atoms with Crippen molar-refractivity contribution < 1.29 is 9.15 Å². The number of aromatic nitrogens is 2. The van der Waals surface area contributed by atoms with E-state index in [1.165, 1.54) is 5.56 Å². The smallest absolute Gasteiger partial charge is 0.198 e. The number of rotatable bonds is 4. The van der Waals surface area contributed by atoms with Gasteiger partial charge in [-0.25, -0.2) is 4.98 Å². The molecule has 0 aliphatic heterocycles. The zero-order valence-electron chi connectivity index (χ0n) is 10.7. The van der Waals surface area contributed by atoms with Crippen molar-refractivity contribution in [2.24, 2.45) is 0 Å². The fourth-order valence-corrected chi connectivity index (χ4v) is 1.96. The summed E-state index contributed by atoms with van der Waals surface area (Å²) in [5.41, 5.74) is 2.65. The molecule has 96 valence electrons. The predicted molar refractivity (Wildman–Crippen MR) is 72.2 cm³/mol. The molecule has 0 amide bonds. The number of hydrogen-bond acceptors (Lipinski definition) is 4. The van der Waals surface area contributed by atoms with Gasteiger partial charge in [-0.2, -0.15) is 4.98 Å². The standard InChI is InChI=1S/C15H14N2O2/c1-18-12-7-4-11(5-8-12)6-9-14-17-15-13(19-14)3-2-10-16-15/h2-5,7-8,10H,6,9H2,1H3. The van der Waals surface area contributed by atoms with Crippen LogP contribution < -0.4 is 4.74 Å². The summed E-state index contributed by atoms with van der Waals surface area (Å²) >= 11 is 0. The predicted octanol–water partition coefficient (Wildman–Crippen LogP) is 3.02. The molecule has 0 saturated heterocycles. The number of fused-ring (bicyclic) bond motifs is 1. The first kappa shape index (κ1) is 11.7. The van der Waals surface area contributed by atoms with Gasteiger partial charge < -0.3 is 9.15 Å². The van der Waals surface area contributed by atoms with Crippen LogP contribution in [0, 0.1) is 0 Å². The van der Waals surface area contributed by atoms with Crippen LogP contribution >= 0.6 is 0 Å². The third-order valence-corrected chi connectivity index (χ3v) is 3.00. The van der Waals surface area contributed by atoms with Crippen molar-refractivity contribution in [1.29, 1.82) is 0 Å². The average molecular weight is 254 g/mol. The fraction of sp³-hybridized carbons (Fsp3) is 0.200. The van der Waals surface area contributed by atoms with E-state index >= 15 is 0 Å². The first-order valence-corrected chi connectivity index (χ1v) is 6.18. The summed E-state index contributed by atoms with van der Waals surface area (Å²) in [7, 11) is 1.67. The minimum Gasteiger partial charge on any atom is -0.497 e. The molecule has 0 unspecified atom stereocenters. The van der Waals surface area contributed by atoms with E-state index in [4.69, 9.17) is 9.15 Å². The van der Waals surface area contributed by atoms with E-state index in [0.717, 1.165) is 30.1 Å². The van der Waals surface area contributed by atoms with Crippen molar-refractivity contribution in [1.82, 2.24) is 9.97 Å². The SMILES string of the molecule is COc1ccc(CCc2nc3ncccc3o2)cc1. The van der Waals surface area contributed by atoms with Crippen LogP contribution in [-0.2, 0) is 12.8 Å². The fourth-order valence-electron chi connectivity index (χ4n) is 1.96. The lowest BCUT2D eigenvalue weighted by atomic mass is 10.1. The molecule has 0 N–H and O–H groups in total. The lowest BCUT2D eigenvalue weighted by Gasteiger charge is -2.01. The molecule has 0 spiro atoms. The van der Waals surface area contributed by atoms with E-state index in [1.807, 2.05) is 24.3 Å². The van der Waals surface area contributed by atoms with Gasteiger partial charge in [-0.3, -0.25) is 0 Å². The van der Waals surface area contributed by atoms with E-state index in [9.17, 15) is 0 Å².